The summed E-state index contributed by atoms with van der Waals surface area (Å²) in [4.78, 5) is 10.8. The molecule has 20 heavy (non-hydrogen) atoms. The number of fused-ring (bicyclic) bond motifs is 1. The third kappa shape index (κ3) is 2.39. The van der Waals surface area contributed by atoms with Crippen molar-refractivity contribution in [2.45, 2.75) is 6.54 Å². The third-order valence-corrected chi connectivity index (χ3v) is 3.78. The first-order chi connectivity index (χ1) is 9.67. The van der Waals surface area contributed by atoms with Crippen LogP contribution in [-0.4, -0.2) is 10.9 Å². The summed E-state index contributed by atoms with van der Waals surface area (Å²) >= 11 is 3.25. The molecule has 3 aromatic rings. The van der Waals surface area contributed by atoms with Gasteiger partial charge in [0.25, 0.3) is 0 Å². The zero-order valence-electron chi connectivity index (χ0n) is 10.5. The van der Waals surface area contributed by atoms with Gasteiger partial charge in [-0.25, -0.2) is 4.39 Å². The molecular formula is C16H11BrFNO. The van der Waals surface area contributed by atoms with Crippen LogP contribution in [0.2, 0.25) is 0 Å². The number of hydrogen-bond acceptors (Lipinski definition) is 1. The molecule has 100 valence electrons. The molecule has 2 aromatic carbocycles. The number of carbonyl (C=O) groups is 1. The summed E-state index contributed by atoms with van der Waals surface area (Å²) in [5.74, 6) is -0.231. The Labute approximate surface area is 124 Å². The van der Waals surface area contributed by atoms with Crippen molar-refractivity contribution in [2.24, 2.45) is 0 Å². The molecule has 0 aliphatic rings. The quantitative estimate of drug-likeness (QED) is 0.652. The van der Waals surface area contributed by atoms with Crippen molar-refractivity contribution in [1.82, 2.24) is 4.57 Å². The van der Waals surface area contributed by atoms with E-state index in [9.17, 15) is 9.18 Å². The topological polar surface area (TPSA) is 22.0 Å². The van der Waals surface area contributed by atoms with E-state index in [0.717, 1.165) is 21.7 Å². The van der Waals surface area contributed by atoms with Crippen LogP contribution < -0.4 is 0 Å². The molecule has 0 aliphatic heterocycles. The molecule has 2 nitrogen and oxygen atoms in total. The van der Waals surface area contributed by atoms with Gasteiger partial charge in [0.05, 0.1) is 6.54 Å². The highest BCUT2D eigenvalue weighted by atomic mass is 79.9. The fourth-order valence-corrected chi connectivity index (χ4v) is 2.60. The highest BCUT2D eigenvalue weighted by Gasteiger charge is 2.06. The second-order valence-electron chi connectivity index (χ2n) is 4.62. The van der Waals surface area contributed by atoms with Crippen LogP contribution in [0.25, 0.3) is 10.9 Å². The van der Waals surface area contributed by atoms with E-state index in [4.69, 9.17) is 0 Å². The number of halogens is 2. The Kier molecular flexibility index (Phi) is 3.40. The molecule has 0 spiro atoms. The highest BCUT2D eigenvalue weighted by molar-refractivity contribution is 9.10. The summed E-state index contributed by atoms with van der Waals surface area (Å²) in [5.41, 5.74) is 2.26. The number of nitrogens with zero attached hydrogens (tertiary/aromatic N) is 1. The van der Waals surface area contributed by atoms with Crippen LogP contribution in [0.3, 0.4) is 0 Å². The van der Waals surface area contributed by atoms with E-state index in [-0.39, 0.29) is 5.82 Å². The molecule has 3 rings (SSSR count). The number of aromatic nitrogens is 1. The minimum Gasteiger partial charge on any atom is -0.343 e. The molecule has 1 heterocycles. The maximum atomic E-state index is 13.9. The summed E-state index contributed by atoms with van der Waals surface area (Å²) in [5, 5.41) is 0.979. The first kappa shape index (κ1) is 13.1. The van der Waals surface area contributed by atoms with E-state index in [2.05, 4.69) is 15.9 Å². The molecule has 0 radical (unpaired) electrons. The maximum absolute atomic E-state index is 13.9. The van der Waals surface area contributed by atoms with Crippen LogP contribution in [0.15, 0.2) is 53.1 Å². The van der Waals surface area contributed by atoms with E-state index < -0.39 is 0 Å². The molecule has 0 saturated carbocycles. The lowest BCUT2D eigenvalue weighted by Crippen LogP contribution is -2.00. The van der Waals surface area contributed by atoms with Crippen LogP contribution in [-0.2, 0) is 6.54 Å². The molecule has 0 unspecified atom stereocenters. The number of aldehydes is 1. The summed E-state index contributed by atoms with van der Waals surface area (Å²) in [6.45, 7) is 0.461. The molecule has 0 amide bonds. The Hall–Kier alpha value is -1.94. The van der Waals surface area contributed by atoms with Gasteiger partial charge in [-0.05, 0) is 36.4 Å². The van der Waals surface area contributed by atoms with Crippen molar-refractivity contribution in [3.05, 3.63) is 70.1 Å². The second-order valence-corrected chi connectivity index (χ2v) is 5.53. The van der Waals surface area contributed by atoms with Gasteiger partial charge < -0.3 is 4.57 Å². The SMILES string of the molecule is O=Cc1ccc2c(ccn2Cc2ccc(Br)cc2F)c1. The fourth-order valence-electron chi connectivity index (χ4n) is 2.26. The van der Waals surface area contributed by atoms with Gasteiger partial charge in [0, 0.05) is 32.7 Å². The predicted molar refractivity (Wildman–Crippen MR) is 80.5 cm³/mol. The lowest BCUT2D eigenvalue weighted by molar-refractivity contribution is 0.112. The van der Waals surface area contributed by atoms with E-state index in [0.29, 0.717) is 17.7 Å². The monoisotopic (exact) mass is 331 g/mol. The molecule has 0 saturated heterocycles. The summed E-state index contributed by atoms with van der Waals surface area (Å²) in [7, 11) is 0. The molecule has 0 N–H and O–H groups in total. The standard InChI is InChI=1S/C16H11BrFNO/c17-14-3-2-13(15(18)8-14)9-19-6-5-12-7-11(10-20)1-4-16(12)19/h1-8,10H,9H2. The van der Waals surface area contributed by atoms with Crippen LogP contribution in [0.4, 0.5) is 4.39 Å². The zero-order valence-corrected chi connectivity index (χ0v) is 12.1. The summed E-state index contributed by atoms with van der Waals surface area (Å²) in [6, 6.07) is 12.5. The predicted octanol–water partition coefficient (Wildman–Crippen LogP) is 4.40. The van der Waals surface area contributed by atoms with E-state index in [1.54, 1.807) is 12.1 Å². The van der Waals surface area contributed by atoms with Crippen molar-refractivity contribution in [2.75, 3.05) is 0 Å². The van der Waals surface area contributed by atoms with Crippen LogP contribution >= 0.6 is 15.9 Å². The van der Waals surface area contributed by atoms with Crippen LogP contribution in [0, 0.1) is 5.82 Å². The molecule has 4 heteroatoms. The van der Waals surface area contributed by atoms with Gasteiger partial charge in [-0.1, -0.05) is 22.0 Å². The molecular weight excluding hydrogens is 321 g/mol. The van der Waals surface area contributed by atoms with Gasteiger partial charge in [0.2, 0.25) is 0 Å². The number of benzene rings is 2. The van der Waals surface area contributed by atoms with Crippen LogP contribution in [0.5, 0.6) is 0 Å². The zero-order chi connectivity index (χ0) is 14.1. The van der Waals surface area contributed by atoms with Crippen molar-refractivity contribution < 1.29 is 9.18 Å². The Morgan fingerprint density at radius 3 is 2.75 bits per heavy atom. The van der Waals surface area contributed by atoms with Gasteiger partial charge in [-0.3, -0.25) is 4.79 Å². The fraction of sp³-hybridized carbons (Fsp3) is 0.0625. The van der Waals surface area contributed by atoms with Crippen molar-refractivity contribution in [1.29, 1.82) is 0 Å². The van der Waals surface area contributed by atoms with Crippen LogP contribution in [0.1, 0.15) is 15.9 Å². The van der Waals surface area contributed by atoms with Gasteiger partial charge in [0.1, 0.15) is 12.1 Å². The first-order valence-electron chi connectivity index (χ1n) is 6.15. The van der Waals surface area contributed by atoms with E-state index in [1.807, 2.05) is 35.0 Å². The molecule has 0 bridgehead atoms. The molecule has 0 atom stereocenters. The molecule has 0 fully saturated rings. The first-order valence-corrected chi connectivity index (χ1v) is 6.95. The smallest absolute Gasteiger partial charge is 0.150 e. The highest BCUT2D eigenvalue weighted by Crippen LogP contribution is 2.21. The normalized spacial score (nSPS) is 10.9. The minimum absolute atomic E-state index is 0.231. The Morgan fingerprint density at radius 1 is 1.15 bits per heavy atom. The van der Waals surface area contributed by atoms with E-state index >= 15 is 0 Å². The lowest BCUT2D eigenvalue weighted by atomic mass is 10.1. The minimum atomic E-state index is -0.231. The van der Waals surface area contributed by atoms with Gasteiger partial charge in [-0.15, -0.1) is 0 Å². The van der Waals surface area contributed by atoms with E-state index in [1.165, 1.54) is 6.07 Å². The number of hydrogen-bond donors (Lipinski definition) is 0. The lowest BCUT2D eigenvalue weighted by Gasteiger charge is -2.07. The summed E-state index contributed by atoms with van der Waals surface area (Å²) < 4.78 is 16.6. The molecule has 1 aromatic heterocycles. The summed E-state index contributed by atoms with van der Waals surface area (Å²) in [6.07, 6.45) is 2.73. The maximum Gasteiger partial charge on any atom is 0.150 e. The van der Waals surface area contributed by atoms with Gasteiger partial charge in [-0.2, -0.15) is 0 Å². The van der Waals surface area contributed by atoms with Gasteiger partial charge >= 0.3 is 0 Å². The average molecular weight is 332 g/mol. The largest absolute Gasteiger partial charge is 0.343 e. The third-order valence-electron chi connectivity index (χ3n) is 3.29. The van der Waals surface area contributed by atoms with Gasteiger partial charge in [0.15, 0.2) is 0 Å². The Morgan fingerprint density at radius 2 is 2.00 bits per heavy atom. The second kappa shape index (κ2) is 5.21. The van der Waals surface area contributed by atoms with Crippen molar-refractivity contribution in [3.8, 4) is 0 Å². The number of carbonyl (C=O) groups excluding carboxylic acids is 1. The van der Waals surface area contributed by atoms with Crippen molar-refractivity contribution in [3.63, 3.8) is 0 Å². The number of rotatable bonds is 3. The molecule has 0 aliphatic carbocycles. The average Bonchev–Trinajstić information content (AvgIpc) is 2.84. The Bertz CT molecular complexity index is 794. The van der Waals surface area contributed by atoms with Crippen molar-refractivity contribution >= 4 is 33.1 Å². The Balaban J connectivity index is 2.00.